The summed E-state index contributed by atoms with van der Waals surface area (Å²) in [5.41, 5.74) is 3.21. The van der Waals surface area contributed by atoms with Crippen molar-refractivity contribution < 1.29 is 15.0 Å². The first-order valence-corrected chi connectivity index (χ1v) is 10.1. The Bertz CT molecular complexity index is 983. The van der Waals surface area contributed by atoms with Crippen LogP contribution in [-0.2, 0) is 11.2 Å². The van der Waals surface area contributed by atoms with Crippen LogP contribution in [0.1, 0.15) is 31.9 Å². The molecule has 0 aliphatic heterocycles. The lowest BCUT2D eigenvalue weighted by Crippen LogP contribution is -2.10. The minimum atomic E-state index is -0.842. The van der Waals surface area contributed by atoms with Gasteiger partial charge in [0, 0.05) is 9.50 Å². The molecule has 28 heavy (non-hydrogen) atoms. The highest BCUT2D eigenvalue weighted by atomic mass is 79.9. The SMILES string of the molecule is CC(C)(C)O.Cc1c(CC(=O)O)c(-c2ccc(Cl)cc2)c2ccccc2c1Br. The molecule has 3 rings (SSSR count). The molecule has 2 N–H and O–H groups in total. The Kier molecular flexibility index (Phi) is 7.27. The topological polar surface area (TPSA) is 57.5 Å². The molecule has 0 atom stereocenters. The van der Waals surface area contributed by atoms with Crippen molar-refractivity contribution in [3.05, 3.63) is 69.2 Å². The Morgan fingerprint density at radius 3 is 2.04 bits per heavy atom. The summed E-state index contributed by atoms with van der Waals surface area (Å²) in [5.74, 6) is -0.842. The van der Waals surface area contributed by atoms with Gasteiger partial charge in [-0.25, -0.2) is 0 Å². The fourth-order valence-electron chi connectivity index (χ4n) is 2.90. The minimum Gasteiger partial charge on any atom is -0.481 e. The van der Waals surface area contributed by atoms with Gasteiger partial charge >= 0.3 is 5.97 Å². The predicted octanol–water partition coefficient (Wildman–Crippen LogP) is 6.64. The smallest absolute Gasteiger partial charge is 0.307 e. The molecular weight excluding hydrogens is 440 g/mol. The normalized spacial score (nSPS) is 11.1. The first-order chi connectivity index (χ1) is 13.0. The van der Waals surface area contributed by atoms with E-state index in [-0.39, 0.29) is 6.42 Å². The molecule has 0 heterocycles. The number of carboxylic acid groups (broad SMARTS) is 1. The number of fused-ring (bicyclic) bond motifs is 1. The predicted molar refractivity (Wildman–Crippen MR) is 120 cm³/mol. The number of halogens is 2. The Morgan fingerprint density at radius 1 is 1.04 bits per heavy atom. The molecular formula is C23H24BrClO3. The fraction of sp³-hybridized carbons (Fsp3) is 0.261. The molecule has 0 spiro atoms. The first kappa shape index (κ1) is 22.4. The van der Waals surface area contributed by atoms with Crippen LogP contribution >= 0.6 is 27.5 Å². The summed E-state index contributed by atoms with van der Waals surface area (Å²) in [6.45, 7) is 7.18. The third-order valence-corrected chi connectivity index (χ3v) is 5.25. The van der Waals surface area contributed by atoms with Gasteiger partial charge in [-0.1, -0.05) is 48.0 Å². The number of aliphatic carboxylic acids is 1. The van der Waals surface area contributed by atoms with Gasteiger partial charge in [0.1, 0.15) is 0 Å². The summed E-state index contributed by atoms with van der Waals surface area (Å²) < 4.78 is 0.946. The molecule has 0 aliphatic carbocycles. The van der Waals surface area contributed by atoms with E-state index in [1.807, 2.05) is 55.5 Å². The zero-order valence-electron chi connectivity index (χ0n) is 16.4. The molecule has 0 amide bonds. The van der Waals surface area contributed by atoms with Crippen LogP contribution in [0.5, 0.6) is 0 Å². The molecule has 0 aromatic heterocycles. The van der Waals surface area contributed by atoms with Crippen molar-refractivity contribution in [2.45, 2.75) is 39.7 Å². The average Bonchev–Trinajstić information content (AvgIpc) is 2.59. The van der Waals surface area contributed by atoms with Gasteiger partial charge in [0.2, 0.25) is 0 Å². The molecule has 148 valence electrons. The van der Waals surface area contributed by atoms with Crippen LogP contribution < -0.4 is 0 Å². The quantitative estimate of drug-likeness (QED) is 0.458. The summed E-state index contributed by atoms with van der Waals surface area (Å²) in [6, 6.07) is 15.5. The molecule has 0 saturated carbocycles. The summed E-state index contributed by atoms with van der Waals surface area (Å²) in [7, 11) is 0. The van der Waals surface area contributed by atoms with Gasteiger partial charge in [0.05, 0.1) is 12.0 Å². The number of hydrogen-bond acceptors (Lipinski definition) is 2. The van der Waals surface area contributed by atoms with Crippen LogP contribution in [0.15, 0.2) is 53.0 Å². The molecule has 3 aromatic rings. The van der Waals surface area contributed by atoms with Crippen molar-refractivity contribution in [2.24, 2.45) is 0 Å². The van der Waals surface area contributed by atoms with Crippen LogP contribution in [0, 0.1) is 6.92 Å². The van der Waals surface area contributed by atoms with Crippen molar-refractivity contribution in [2.75, 3.05) is 0 Å². The summed E-state index contributed by atoms with van der Waals surface area (Å²) in [5, 5.41) is 20.6. The van der Waals surface area contributed by atoms with E-state index < -0.39 is 11.6 Å². The Hall–Kier alpha value is -1.88. The highest BCUT2D eigenvalue weighted by Crippen LogP contribution is 2.40. The van der Waals surface area contributed by atoms with Crippen LogP contribution in [0.2, 0.25) is 5.02 Å². The minimum absolute atomic E-state index is 0.0206. The molecule has 0 bridgehead atoms. The highest BCUT2D eigenvalue weighted by molar-refractivity contribution is 9.10. The zero-order valence-corrected chi connectivity index (χ0v) is 18.7. The maximum atomic E-state index is 11.4. The van der Waals surface area contributed by atoms with Gasteiger partial charge in [-0.2, -0.15) is 0 Å². The van der Waals surface area contributed by atoms with Crippen LogP contribution in [0.3, 0.4) is 0 Å². The zero-order chi connectivity index (χ0) is 21.1. The Labute approximate surface area is 179 Å². The summed E-state index contributed by atoms with van der Waals surface area (Å²) in [6.07, 6.45) is -0.0206. The van der Waals surface area contributed by atoms with Crippen LogP contribution in [-0.4, -0.2) is 21.8 Å². The van der Waals surface area contributed by atoms with E-state index in [1.165, 1.54) is 0 Å². The number of aliphatic hydroxyl groups is 1. The molecule has 5 heteroatoms. The van der Waals surface area contributed by atoms with Gasteiger partial charge in [-0.05, 0) is 88.8 Å². The van der Waals surface area contributed by atoms with E-state index >= 15 is 0 Å². The number of benzene rings is 3. The van der Waals surface area contributed by atoms with Crippen molar-refractivity contribution in [1.82, 2.24) is 0 Å². The largest absolute Gasteiger partial charge is 0.481 e. The van der Waals surface area contributed by atoms with E-state index in [0.717, 1.165) is 37.5 Å². The molecule has 0 radical (unpaired) electrons. The second-order valence-electron chi connectivity index (χ2n) is 7.59. The van der Waals surface area contributed by atoms with E-state index in [0.29, 0.717) is 5.02 Å². The standard InChI is InChI=1S/C19H14BrClO2.C4H10O/c1-11-16(10-17(22)23)18(12-6-8-13(21)9-7-12)14-4-2-3-5-15(14)19(11)20;1-4(2,3)5/h2-9H,10H2,1H3,(H,22,23);5H,1-3H3. The van der Waals surface area contributed by atoms with Crippen molar-refractivity contribution in [3.63, 3.8) is 0 Å². The monoisotopic (exact) mass is 462 g/mol. The van der Waals surface area contributed by atoms with E-state index in [2.05, 4.69) is 15.9 Å². The highest BCUT2D eigenvalue weighted by Gasteiger charge is 2.18. The average molecular weight is 464 g/mol. The van der Waals surface area contributed by atoms with Gasteiger partial charge in [-0.3, -0.25) is 4.79 Å². The van der Waals surface area contributed by atoms with E-state index in [9.17, 15) is 9.90 Å². The molecule has 0 fully saturated rings. The van der Waals surface area contributed by atoms with Crippen molar-refractivity contribution in [1.29, 1.82) is 0 Å². The first-order valence-electron chi connectivity index (χ1n) is 8.89. The lowest BCUT2D eigenvalue weighted by molar-refractivity contribution is -0.136. The maximum Gasteiger partial charge on any atom is 0.307 e. The second kappa shape index (κ2) is 9.08. The van der Waals surface area contributed by atoms with Crippen molar-refractivity contribution >= 4 is 44.3 Å². The molecule has 3 aromatic carbocycles. The third-order valence-electron chi connectivity index (χ3n) is 3.98. The Morgan fingerprint density at radius 2 is 1.54 bits per heavy atom. The number of carboxylic acids is 1. The summed E-state index contributed by atoms with van der Waals surface area (Å²) >= 11 is 9.62. The second-order valence-corrected chi connectivity index (χ2v) is 8.82. The lowest BCUT2D eigenvalue weighted by Gasteiger charge is -2.18. The number of hydrogen-bond donors (Lipinski definition) is 2. The van der Waals surface area contributed by atoms with E-state index in [4.69, 9.17) is 16.7 Å². The van der Waals surface area contributed by atoms with Crippen LogP contribution in [0.4, 0.5) is 0 Å². The maximum absolute atomic E-state index is 11.4. The molecule has 3 nitrogen and oxygen atoms in total. The van der Waals surface area contributed by atoms with Gasteiger partial charge in [0.15, 0.2) is 0 Å². The number of rotatable bonds is 3. The van der Waals surface area contributed by atoms with Gasteiger partial charge < -0.3 is 10.2 Å². The molecule has 0 saturated heterocycles. The van der Waals surface area contributed by atoms with Crippen LogP contribution in [0.25, 0.3) is 21.9 Å². The summed E-state index contributed by atoms with van der Waals surface area (Å²) in [4.78, 5) is 11.4. The fourth-order valence-corrected chi connectivity index (χ4v) is 3.61. The third kappa shape index (κ3) is 5.81. The number of carbonyl (C=O) groups is 1. The lowest BCUT2D eigenvalue weighted by atomic mass is 9.88. The van der Waals surface area contributed by atoms with Gasteiger partial charge in [0.25, 0.3) is 0 Å². The van der Waals surface area contributed by atoms with Gasteiger partial charge in [-0.15, -0.1) is 0 Å². The molecule has 0 aliphatic rings. The van der Waals surface area contributed by atoms with Crippen molar-refractivity contribution in [3.8, 4) is 11.1 Å². The van der Waals surface area contributed by atoms with E-state index in [1.54, 1.807) is 20.8 Å². The Balaban J connectivity index is 0.000000500. The molecule has 0 unspecified atom stereocenters.